The van der Waals surface area contributed by atoms with Crippen LogP contribution in [0.3, 0.4) is 0 Å². The number of H-pyrrole nitrogens is 2. The lowest BCUT2D eigenvalue weighted by atomic mass is 9.75. The van der Waals surface area contributed by atoms with Gasteiger partial charge in [0.15, 0.2) is 11.6 Å². The Bertz CT molecular complexity index is 3750. The number of sulfonamides is 2. The van der Waals surface area contributed by atoms with Gasteiger partial charge in [-0.25, -0.2) is 16.8 Å². The van der Waals surface area contributed by atoms with Gasteiger partial charge in [0.05, 0.1) is 32.3 Å². The highest BCUT2D eigenvalue weighted by Crippen LogP contribution is 2.44. The second kappa shape index (κ2) is 19.8. The largest absolute Gasteiger partial charge is 0.481 e. The fourth-order valence-electron chi connectivity index (χ4n) is 12.1. The predicted octanol–water partition coefficient (Wildman–Crippen LogP) is 8.86. The van der Waals surface area contributed by atoms with E-state index in [1.165, 1.54) is 32.9 Å². The summed E-state index contributed by atoms with van der Waals surface area (Å²) in [6, 6.07) is 24.0. The maximum Gasteiger partial charge on any atom is 0.303 e. The number of nitrogens with one attached hydrogen (secondary N) is 4. The average molecular weight is 1120 g/mol. The van der Waals surface area contributed by atoms with Crippen molar-refractivity contribution in [1.82, 2.24) is 9.97 Å². The number of aliphatic carboxylic acids is 2. The summed E-state index contributed by atoms with van der Waals surface area (Å²) in [5.41, 5.74) is 9.68. The first kappa shape index (κ1) is 53.6. The van der Waals surface area contributed by atoms with Crippen LogP contribution in [0.5, 0.6) is 0 Å². The number of rotatable bonds is 12. The lowest BCUT2D eigenvalue weighted by molar-refractivity contribution is -0.138. The van der Waals surface area contributed by atoms with Crippen LogP contribution in [0.1, 0.15) is 130 Å². The van der Waals surface area contributed by atoms with Gasteiger partial charge in [0.1, 0.15) is 0 Å². The molecule has 2 aromatic heterocycles. The minimum atomic E-state index is -3.89. The van der Waals surface area contributed by atoms with Gasteiger partial charge >= 0.3 is 11.9 Å². The van der Waals surface area contributed by atoms with Crippen LogP contribution in [0.25, 0.3) is 23.3 Å². The number of hydrogen-bond donors (Lipinski definition) is 6. The molecule has 6 aromatic rings. The van der Waals surface area contributed by atoms with Crippen molar-refractivity contribution in [2.24, 2.45) is 10.8 Å². The fourth-order valence-corrected chi connectivity index (χ4v) is 15.2. The lowest BCUT2D eigenvalue weighted by Crippen LogP contribution is -2.29. The van der Waals surface area contributed by atoms with E-state index in [1.54, 1.807) is 36.4 Å². The monoisotopic (exact) mass is 1120 g/mol. The molecular weight excluding hydrogens is 1060 g/mol. The SMILES string of the molecule is CC1(C)CC(=O)c2c([nH]c(/C=C3\C(=O)Nc4ccc(S(=O)(=O)N5CCc6ccccc65)cc43)c2CCC(=O)O)C1.CC1(C)CC(=O)c2c([nH]c(C=C3C(=O)Nc4ccc(S(=O)(=O)N5CCc6ccccc65)cc43)c2CCC(=O)O)C1. The van der Waals surface area contributed by atoms with Gasteiger partial charge in [0.25, 0.3) is 31.9 Å². The Kier molecular flexibility index (Phi) is 13.3. The van der Waals surface area contributed by atoms with E-state index in [4.69, 9.17) is 0 Å². The van der Waals surface area contributed by atoms with E-state index < -0.39 is 43.8 Å². The predicted molar refractivity (Wildman–Crippen MR) is 302 cm³/mol. The summed E-state index contributed by atoms with van der Waals surface area (Å²) < 4.78 is 57.5. The number of benzene rings is 4. The zero-order valence-electron chi connectivity index (χ0n) is 44.4. The number of hydrogen-bond acceptors (Lipinski definition) is 10. The summed E-state index contributed by atoms with van der Waals surface area (Å²) in [7, 11) is -7.77. The first-order valence-electron chi connectivity index (χ1n) is 26.4. The van der Waals surface area contributed by atoms with Crippen molar-refractivity contribution in [2.75, 3.05) is 32.3 Å². The molecule has 2 amide bonds. The topological polar surface area (TPSA) is 273 Å². The second-order valence-electron chi connectivity index (χ2n) is 22.8. The number of amides is 2. The molecule has 0 spiro atoms. The number of aromatic amines is 2. The summed E-state index contributed by atoms with van der Waals surface area (Å²) >= 11 is 0. The van der Waals surface area contributed by atoms with Crippen molar-refractivity contribution in [1.29, 1.82) is 0 Å². The first-order chi connectivity index (χ1) is 37.9. The van der Waals surface area contributed by atoms with Crippen LogP contribution in [-0.2, 0) is 77.7 Å². The summed E-state index contributed by atoms with van der Waals surface area (Å²) in [4.78, 5) is 81.9. The Balaban J connectivity index is 0.000000169. The number of carboxylic acids is 2. The molecule has 0 saturated heterocycles. The van der Waals surface area contributed by atoms with Crippen LogP contribution in [0, 0.1) is 10.8 Å². The highest BCUT2D eigenvalue weighted by atomic mass is 32.2. The van der Waals surface area contributed by atoms with Crippen LogP contribution >= 0.6 is 0 Å². The first-order valence-corrected chi connectivity index (χ1v) is 29.3. The van der Waals surface area contributed by atoms with E-state index in [2.05, 4.69) is 20.6 Å². The summed E-state index contributed by atoms with van der Waals surface area (Å²) in [6.07, 6.45) is 6.30. The number of Topliss-reactive ketones (excluding diaryl/α,β-unsaturated/α-hetero) is 2. The van der Waals surface area contributed by atoms with E-state index in [0.717, 1.165) is 22.5 Å². The van der Waals surface area contributed by atoms with Gasteiger partial charge < -0.3 is 30.8 Å². The second-order valence-corrected chi connectivity index (χ2v) is 26.5. The smallest absolute Gasteiger partial charge is 0.303 e. The van der Waals surface area contributed by atoms with Crippen LogP contribution in [0.4, 0.5) is 22.7 Å². The van der Waals surface area contributed by atoms with Crippen molar-refractivity contribution in [2.45, 2.75) is 102 Å². The molecule has 0 bridgehead atoms. The quantitative estimate of drug-likeness (QED) is 0.0627. The number of anilines is 4. The molecule has 4 aromatic carbocycles. The third-order valence-electron chi connectivity index (χ3n) is 15.7. The van der Waals surface area contributed by atoms with Crippen molar-refractivity contribution < 1.29 is 55.8 Å². The molecular formula is C60H58N6O12S2. The van der Waals surface area contributed by atoms with Crippen LogP contribution < -0.4 is 19.2 Å². The van der Waals surface area contributed by atoms with Crippen LogP contribution in [0.2, 0.25) is 0 Å². The minimum Gasteiger partial charge on any atom is -0.481 e. The van der Waals surface area contributed by atoms with Crippen LogP contribution in [0.15, 0.2) is 94.7 Å². The molecule has 6 aliphatic rings. The highest BCUT2D eigenvalue weighted by Gasteiger charge is 2.39. The molecule has 412 valence electrons. The summed E-state index contributed by atoms with van der Waals surface area (Å²) in [5.74, 6) is -2.89. The molecule has 18 nitrogen and oxygen atoms in total. The van der Waals surface area contributed by atoms with Crippen molar-refractivity contribution >= 4 is 101 Å². The van der Waals surface area contributed by atoms with Gasteiger partial charge in [-0.05, 0) is 132 Å². The molecule has 12 rings (SSSR count). The molecule has 80 heavy (non-hydrogen) atoms. The number of aromatic nitrogens is 2. The Morgan fingerprint density at radius 1 is 0.562 bits per heavy atom. The standard InChI is InChI=1S/2C30H29N3O6S/c2*1-30(2)15-24-28(26(34)16-30)19(8-10-27(35)36)23(31-24)14-21-20-13-18(7-9-22(20)32-29(21)37)40(38,39)33-12-11-17-5-3-4-6-25(17)33/h2*3-7,9,13-14,31H,8,10-12,15-16H2,1-2H3,(H,32,37)(H,35,36)/b21-14-;. The average Bonchev–Trinajstić information content (AvgIpc) is 4.36. The van der Waals surface area contributed by atoms with Crippen LogP contribution in [-0.4, -0.2) is 85.4 Å². The normalized spacial score (nSPS) is 18.4. The molecule has 20 heteroatoms. The zero-order valence-corrected chi connectivity index (χ0v) is 46.0. The number of carboxylic acid groups (broad SMARTS) is 2. The Labute approximate surface area is 462 Å². The maximum atomic E-state index is 13.7. The molecule has 6 heterocycles. The van der Waals surface area contributed by atoms with Gasteiger partial charge in [-0.2, -0.15) is 0 Å². The van der Waals surface area contributed by atoms with Gasteiger partial charge in [-0.15, -0.1) is 0 Å². The van der Waals surface area contributed by atoms with Gasteiger partial charge in [0, 0.05) is 95.2 Å². The number of para-hydroxylation sites is 2. The highest BCUT2D eigenvalue weighted by molar-refractivity contribution is 7.93. The lowest BCUT2D eigenvalue weighted by Gasteiger charge is -2.28. The van der Waals surface area contributed by atoms with E-state index in [-0.39, 0.29) is 69.0 Å². The summed E-state index contributed by atoms with van der Waals surface area (Å²) in [5, 5.41) is 24.3. The number of ketones is 2. The summed E-state index contributed by atoms with van der Waals surface area (Å²) in [6.45, 7) is 8.69. The third kappa shape index (κ3) is 9.73. The van der Waals surface area contributed by atoms with E-state index in [1.807, 2.05) is 64.1 Å². The molecule has 6 N–H and O–H groups in total. The molecule has 0 radical (unpaired) electrons. The minimum absolute atomic E-state index is 0.0527. The number of nitrogens with zero attached hydrogens (tertiary/aromatic N) is 2. The number of fused-ring (bicyclic) bond motifs is 6. The number of carbonyl (C=O) groups excluding carboxylic acids is 4. The van der Waals surface area contributed by atoms with E-state index in [9.17, 15) is 55.8 Å². The molecule has 0 unspecified atom stereocenters. The molecule has 0 atom stereocenters. The van der Waals surface area contributed by atoms with Crippen molar-refractivity contribution in [3.63, 3.8) is 0 Å². The van der Waals surface area contributed by atoms with Gasteiger partial charge in [-0.1, -0.05) is 64.1 Å². The third-order valence-corrected chi connectivity index (χ3v) is 19.4. The Hall–Kier alpha value is -8.36. The molecule has 0 fully saturated rings. The van der Waals surface area contributed by atoms with E-state index >= 15 is 0 Å². The van der Waals surface area contributed by atoms with E-state index in [0.29, 0.717) is 119 Å². The fraction of sp³-hybridized carbons (Fsp3) is 0.300. The van der Waals surface area contributed by atoms with Crippen molar-refractivity contribution in [3.8, 4) is 0 Å². The van der Waals surface area contributed by atoms with Gasteiger partial charge in [0.2, 0.25) is 0 Å². The zero-order chi connectivity index (χ0) is 56.8. The molecule has 2 aliphatic carbocycles. The Morgan fingerprint density at radius 2 is 0.950 bits per heavy atom. The number of carbonyl (C=O) groups is 6. The Morgan fingerprint density at radius 3 is 1.34 bits per heavy atom. The maximum absolute atomic E-state index is 13.7. The molecule has 4 aliphatic heterocycles. The molecule has 0 saturated carbocycles. The van der Waals surface area contributed by atoms with Crippen molar-refractivity contribution in [3.05, 3.63) is 152 Å². The van der Waals surface area contributed by atoms with Gasteiger partial charge in [-0.3, -0.25) is 37.4 Å².